The van der Waals surface area contributed by atoms with E-state index in [-0.39, 0.29) is 23.8 Å². The number of hydrogen-bond donors (Lipinski definition) is 2. The van der Waals surface area contributed by atoms with Crippen LogP contribution < -0.4 is 15.5 Å². The summed E-state index contributed by atoms with van der Waals surface area (Å²) in [4.78, 5) is 26.7. The van der Waals surface area contributed by atoms with E-state index in [0.717, 1.165) is 23.0 Å². The zero-order valence-corrected chi connectivity index (χ0v) is 15.1. The summed E-state index contributed by atoms with van der Waals surface area (Å²) >= 11 is 3.43. The second-order valence-corrected chi connectivity index (χ2v) is 8.12. The Morgan fingerprint density at radius 3 is 2.71 bits per heavy atom. The van der Waals surface area contributed by atoms with Crippen LogP contribution in [0.1, 0.15) is 32.1 Å². The molecule has 128 valence electrons. The van der Waals surface area contributed by atoms with Gasteiger partial charge < -0.3 is 15.5 Å². The molecule has 3 fully saturated rings. The fourth-order valence-electron chi connectivity index (χ4n) is 4.27. The number of piperidine rings is 1. The van der Waals surface area contributed by atoms with E-state index < -0.39 is 0 Å². The van der Waals surface area contributed by atoms with Crippen molar-refractivity contribution in [3.8, 4) is 0 Å². The quantitative estimate of drug-likeness (QED) is 0.829. The highest BCUT2D eigenvalue weighted by molar-refractivity contribution is 9.10. The molecule has 3 heterocycles. The highest BCUT2D eigenvalue weighted by Gasteiger charge is 2.38. The third-order valence-corrected chi connectivity index (χ3v) is 5.93. The minimum absolute atomic E-state index is 0.0265. The number of halogens is 1. The summed E-state index contributed by atoms with van der Waals surface area (Å²) < 4.78 is 0.936. The van der Waals surface area contributed by atoms with Gasteiger partial charge >= 0.3 is 0 Å². The Morgan fingerprint density at radius 2 is 2.00 bits per heavy atom. The van der Waals surface area contributed by atoms with Crippen LogP contribution in [0.25, 0.3) is 0 Å². The Balaban J connectivity index is 1.38. The maximum atomic E-state index is 12.6. The minimum Gasteiger partial charge on any atom is -0.353 e. The van der Waals surface area contributed by atoms with Gasteiger partial charge in [-0.25, -0.2) is 0 Å². The number of hydrogen-bond acceptors (Lipinski definition) is 3. The van der Waals surface area contributed by atoms with E-state index in [1.165, 1.54) is 12.8 Å². The van der Waals surface area contributed by atoms with Gasteiger partial charge in [0.25, 0.3) is 0 Å². The van der Waals surface area contributed by atoms with Crippen molar-refractivity contribution < 1.29 is 9.59 Å². The molecule has 1 aromatic carbocycles. The van der Waals surface area contributed by atoms with Crippen molar-refractivity contribution in [2.45, 2.75) is 50.2 Å². The van der Waals surface area contributed by atoms with E-state index in [0.29, 0.717) is 25.0 Å². The number of carbonyl (C=O) groups excluding carboxylic acids is 2. The van der Waals surface area contributed by atoms with Crippen LogP contribution in [0.5, 0.6) is 0 Å². The predicted octanol–water partition coefficient (Wildman–Crippen LogP) is 2.20. The molecule has 0 spiro atoms. The first kappa shape index (κ1) is 16.1. The van der Waals surface area contributed by atoms with Crippen LogP contribution in [-0.4, -0.2) is 36.5 Å². The highest BCUT2D eigenvalue weighted by atomic mass is 79.9. The van der Waals surface area contributed by atoms with Gasteiger partial charge in [-0.2, -0.15) is 0 Å². The highest BCUT2D eigenvalue weighted by Crippen LogP contribution is 2.29. The van der Waals surface area contributed by atoms with Crippen molar-refractivity contribution in [3.05, 3.63) is 28.7 Å². The smallest absolute Gasteiger partial charge is 0.227 e. The lowest BCUT2D eigenvalue weighted by Crippen LogP contribution is -2.49. The van der Waals surface area contributed by atoms with E-state index in [4.69, 9.17) is 0 Å². The number of rotatable bonds is 3. The van der Waals surface area contributed by atoms with Crippen LogP contribution in [-0.2, 0) is 9.59 Å². The first-order valence-electron chi connectivity index (χ1n) is 8.71. The Morgan fingerprint density at radius 1 is 1.25 bits per heavy atom. The van der Waals surface area contributed by atoms with E-state index in [2.05, 4.69) is 26.6 Å². The second kappa shape index (κ2) is 6.48. The Hall–Kier alpha value is -1.40. The van der Waals surface area contributed by atoms with Gasteiger partial charge in [0.05, 0.1) is 5.92 Å². The van der Waals surface area contributed by atoms with Gasteiger partial charge in [0.2, 0.25) is 11.8 Å². The molecule has 2 bridgehead atoms. The van der Waals surface area contributed by atoms with Gasteiger partial charge in [0.1, 0.15) is 0 Å². The van der Waals surface area contributed by atoms with Crippen molar-refractivity contribution in [3.63, 3.8) is 0 Å². The zero-order chi connectivity index (χ0) is 16.7. The summed E-state index contributed by atoms with van der Waals surface area (Å²) in [6, 6.07) is 9.03. The molecule has 3 aliphatic rings. The molecule has 3 atom stereocenters. The van der Waals surface area contributed by atoms with Gasteiger partial charge in [-0.05, 0) is 43.9 Å². The summed E-state index contributed by atoms with van der Waals surface area (Å²) in [5.74, 6) is -0.185. The molecular formula is C18H22BrN3O2. The first-order valence-corrected chi connectivity index (χ1v) is 9.50. The topological polar surface area (TPSA) is 61.4 Å². The number of carbonyl (C=O) groups is 2. The average Bonchev–Trinajstić information content (AvgIpc) is 3.10. The van der Waals surface area contributed by atoms with Crippen molar-refractivity contribution in [2.24, 2.45) is 5.92 Å². The Labute approximate surface area is 150 Å². The molecule has 2 N–H and O–H groups in total. The van der Waals surface area contributed by atoms with Crippen LogP contribution in [0, 0.1) is 5.92 Å². The number of benzene rings is 1. The van der Waals surface area contributed by atoms with Crippen LogP contribution >= 0.6 is 15.9 Å². The van der Waals surface area contributed by atoms with Gasteiger partial charge in [-0.15, -0.1) is 0 Å². The molecule has 24 heavy (non-hydrogen) atoms. The van der Waals surface area contributed by atoms with E-state index >= 15 is 0 Å². The van der Waals surface area contributed by atoms with Gasteiger partial charge in [-0.3, -0.25) is 9.59 Å². The number of nitrogens with one attached hydrogen (secondary N) is 2. The maximum absolute atomic E-state index is 12.6. The van der Waals surface area contributed by atoms with Crippen molar-refractivity contribution in [1.82, 2.24) is 10.6 Å². The molecule has 2 amide bonds. The molecule has 3 saturated heterocycles. The summed E-state index contributed by atoms with van der Waals surface area (Å²) in [5.41, 5.74) is 0.851. The third kappa shape index (κ3) is 3.22. The normalized spacial score (nSPS) is 32.2. The predicted molar refractivity (Wildman–Crippen MR) is 95.7 cm³/mol. The fourth-order valence-corrected chi connectivity index (χ4v) is 4.66. The molecule has 5 nitrogen and oxygen atoms in total. The minimum atomic E-state index is -0.246. The monoisotopic (exact) mass is 391 g/mol. The summed E-state index contributed by atoms with van der Waals surface area (Å²) in [6.07, 6.45) is 4.76. The van der Waals surface area contributed by atoms with Crippen LogP contribution in [0.4, 0.5) is 5.69 Å². The van der Waals surface area contributed by atoms with Gasteiger partial charge in [0.15, 0.2) is 0 Å². The third-order valence-electron chi connectivity index (χ3n) is 5.44. The summed E-state index contributed by atoms with van der Waals surface area (Å²) in [7, 11) is 0. The van der Waals surface area contributed by atoms with Crippen molar-refractivity contribution >= 4 is 33.4 Å². The van der Waals surface area contributed by atoms with E-state index in [9.17, 15) is 9.59 Å². The second-order valence-electron chi connectivity index (χ2n) is 7.20. The summed E-state index contributed by atoms with van der Waals surface area (Å²) in [5, 5.41) is 6.78. The van der Waals surface area contributed by atoms with Gasteiger partial charge in [-0.1, -0.05) is 22.0 Å². The Bertz CT molecular complexity index is 653. The molecular weight excluding hydrogens is 370 g/mol. The molecule has 4 rings (SSSR count). The van der Waals surface area contributed by atoms with Crippen LogP contribution in [0.3, 0.4) is 0 Å². The number of anilines is 1. The first-order chi connectivity index (χ1) is 11.6. The lowest BCUT2D eigenvalue weighted by Gasteiger charge is -2.30. The largest absolute Gasteiger partial charge is 0.353 e. The van der Waals surface area contributed by atoms with Crippen molar-refractivity contribution in [1.29, 1.82) is 0 Å². The average molecular weight is 392 g/mol. The Kier molecular flexibility index (Phi) is 4.35. The molecule has 0 aliphatic carbocycles. The van der Waals surface area contributed by atoms with E-state index in [1.54, 1.807) is 4.90 Å². The molecule has 0 radical (unpaired) electrons. The number of amides is 2. The lowest BCUT2D eigenvalue weighted by atomic mass is 9.98. The molecule has 6 heteroatoms. The van der Waals surface area contributed by atoms with Gasteiger partial charge in [0, 0.05) is 41.3 Å². The fraction of sp³-hybridized carbons (Fsp3) is 0.556. The number of nitrogens with zero attached hydrogens (tertiary/aromatic N) is 1. The lowest BCUT2D eigenvalue weighted by molar-refractivity contribution is -0.127. The van der Waals surface area contributed by atoms with Crippen molar-refractivity contribution in [2.75, 3.05) is 11.4 Å². The van der Waals surface area contributed by atoms with Crippen LogP contribution in [0.15, 0.2) is 28.7 Å². The zero-order valence-electron chi connectivity index (χ0n) is 13.5. The summed E-state index contributed by atoms with van der Waals surface area (Å²) in [6.45, 7) is 0.471. The van der Waals surface area contributed by atoms with E-state index in [1.807, 2.05) is 24.3 Å². The molecule has 3 aliphatic heterocycles. The molecule has 0 aromatic heterocycles. The number of fused-ring (bicyclic) bond motifs is 2. The SMILES string of the molecule is O=C(NC1CC2CCC(C1)N2)C1CC(=O)N(c2cccc(Br)c2)C1. The standard InChI is InChI=1S/C18H22BrN3O2/c19-12-2-1-3-16(7-12)22-10-11(6-17(22)23)18(24)21-15-8-13-4-5-14(9-15)20-13/h1-3,7,11,13-15,20H,4-6,8-10H2,(H,21,24). The molecule has 1 aromatic rings. The molecule has 0 saturated carbocycles. The van der Waals surface area contributed by atoms with Crippen LogP contribution in [0.2, 0.25) is 0 Å². The maximum Gasteiger partial charge on any atom is 0.227 e. The molecule has 3 unspecified atom stereocenters.